The molecule has 2 saturated heterocycles. The second kappa shape index (κ2) is 12.4. The van der Waals surface area contributed by atoms with Crippen LogP contribution in [0.5, 0.6) is 11.6 Å². The van der Waals surface area contributed by atoms with Crippen molar-refractivity contribution in [3.8, 4) is 11.6 Å². The standard InChI is InChI=1S/C26H35F2N7O3/c1-5-24(36)30-20-12-21(23(37-4)13-22(20)35-9-6-17(7-10-35)33(2)3)31-26-29-14-19(28)25(32-26)38-18-15-34(16-18)11-8-27/h5,12-14,17-18H,1,6-11,15-16H2,2-4H3,(H,30,36)(H,29,31,32). The van der Waals surface area contributed by atoms with Crippen LogP contribution in [-0.2, 0) is 4.79 Å². The lowest BCUT2D eigenvalue weighted by Gasteiger charge is -2.38. The van der Waals surface area contributed by atoms with Gasteiger partial charge in [-0.25, -0.2) is 9.37 Å². The summed E-state index contributed by atoms with van der Waals surface area (Å²) < 4.78 is 38.2. The number of likely N-dealkylation sites (tertiary alicyclic amines) is 1. The molecule has 0 unspecified atom stereocenters. The number of benzene rings is 1. The van der Waals surface area contributed by atoms with Gasteiger partial charge in [-0.1, -0.05) is 6.58 Å². The fraction of sp³-hybridized carbons (Fsp3) is 0.500. The fourth-order valence-electron chi connectivity index (χ4n) is 4.68. The molecule has 2 fully saturated rings. The van der Waals surface area contributed by atoms with E-state index in [0.29, 0.717) is 42.8 Å². The number of aromatic nitrogens is 2. The van der Waals surface area contributed by atoms with Crippen molar-refractivity contribution in [3.63, 3.8) is 0 Å². The first-order valence-corrected chi connectivity index (χ1v) is 12.6. The molecule has 0 aliphatic carbocycles. The molecule has 2 aliphatic rings. The van der Waals surface area contributed by atoms with Crippen LogP contribution in [0.15, 0.2) is 31.0 Å². The SMILES string of the molecule is C=CC(=O)Nc1cc(Nc2ncc(F)c(OC3CN(CCF)C3)n2)c(OC)cc1N1CCC(N(C)C)CC1. The highest BCUT2D eigenvalue weighted by molar-refractivity contribution is 6.02. The molecule has 2 aromatic rings. The molecule has 0 saturated carbocycles. The summed E-state index contributed by atoms with van der Waals surface area (Å²) in [7, 11) is 5.71. The highest BCUT2D eigenvalue weighted by Gasteiger charge is 2.29. The number of nitrogens with one attached hydrogen (secondary N) is 2. The van der Waals surface area contributed by atoms with Crippen LogP contribution >= 0.6 is 0 Å². The third-order valence-electron chi connectivity index (χ3n) is 6.86. The van der Waals surface area contributed by atoms with Crippen LogP contribution in [0, 0.1) is 5.82 Å². The minimum Gasteiger partial charge on any atom is -0.494 e. The summed E-state index contributed by atoms with van der Waals surface area (Å²) in [6, 6.07) is 4.09. The van der Waals surface area contributed by atoms with Gasteiger partial charge in [0.05, 0.1) is 30.4 Å². The van der Waals surface area contributed by atoms with E-state index in [1.54, 1.807) is 13.2 Å². The lowest BCUT2D eigenvalue weighted by Crippen LogP contribution is -2.54. The summed E-state index contributed by atoms with van der Waals surface area (Å²) in [5, 5.41) is 5.94. The Morgan fingerprint density at radius 1 is 1.26 bits per heavy atom. The van der Waals surface area contributed by atoms with Gasteiger partial charge in [0.25, 0.3) is 5.88 Å². The van der Waals surface area contributed by atoms with Crippen LogP contribution in [0.2, 0.25) is 0 Å². The number of hydrogen-bond donors (Lipinski definition) is 2. The number of methoxy groups -OCH3 is 1. The first-order chi connectivity index (χ1) is 18.3. The summed E-state index contributed by atoms with van der Waals surface area (Å²) in [5.74, 6) is -0.627. The minimum absolute atomic E-state index is 0.0974. The van der Waals surface area contributed by atoms with Crippen molar-refractivity contribution in [3.05, 3.63) is 36.8 Å². The first kappa shape index (κ1) is 27.5. The van der Waals surface area contributed by atoms with Crippen molar-refractivity contribution < 1.29 is 23.0 Å². The Bertz CT molecular complexity index is 1140. The van der Waals surface area contributed by atoms with Crippen LogP contribution in [0.1, 0.15) is 12.8 Å². The number of carbonyl (C=O) groups is 1. The van der Waals surface area contributed by atoms with E-state index in [9.17, 15) is 13.6 Å². The predicted octanol–water partition coefficient (Wildman–Crippen LogP) is 3.06. The molecule has 0 atom stereocenters. The third-order valence-corrected chi connectivity index (χ3v) is 6.86. The van der Waals surface area contributed by atoms with Crippen LogP contribution in [0.4, 0.5) is 31.8 Å². The number of amides is 1. The number of piperidine rings is 1. The second-order valence-corrected chi connectivity index (χ2v) is 9.60. The monoisotopic (exact) mass is 531 g/mol. The number of ether oxygens (including phenoxy) is 2. The molecular weight excluding hydrogens is 496 g/mol. The molecule has 1 amide bonds. The van der Waals surface area contributed by atoms with Crippen LogP contribution in [0.25, 0.3) is 0 Å². The van der Waals surface area contributed by atoms with E-state index in [1.165, 1.54) is 6.08 Å². The molecule has 38 heavy (non-hydrogen) atoms. The Morgan fingerprint density at radius 2 is 2.00 bits per heavy atom. The Morgan fingerprint density at radius 3 is 2.63 bits per heavy atom. The van der Waals surface area contributed by atoms with Gasteiger partial charge in [0.2, 0.25) is 17.7 Å². The van der Waals surface area contributed by atoms with Crippen molar-refractivity contribution in [1.82, 2.24) is 19.8 Å². The highest BCUT2D eigenvalue weighted by atomic mass is 19.1. The Kier molecular flexibility index (Phi) is 8.95. The predicted molar refractivity (Wildman–Crippen MR) is 143 cm³/mol. The Labute approximate surface area is 221 Å². The van der Waals surface area contributed by atoms with Crippen LogP contribution < -0.4 is 25.0 Å². The number of nitrogens with zero attached hydrogens (tertiary/aromatic N) is 5. The van der Waals surface area contributed by atoms with E-state index in [0.717, 1.165) is 37.8 Å². The van der Waals surface area contributed by atoms with Crippen molar-refractivity contribution in [1.29, 1.82) is 0 Å². The molecule has 206 valence electrons. The summed E-state index contributed by atoms with van der Waals surface area (Å²) >= 11 is 0. The first-order valence-electron chi connectivity index (χ1n) is 12.6. The van der Waals surface area contributed by atoms with E-state index < -0.39 is 12.5 Å². The fourth-order valence-corrected chi connectivity index (χ4v) is 4.68. The van der Waals surface area contributed by atoms with Gasteiger partial charge >= 0.3 is 0 Å². The molecule has 0 spiro atoms. The molecule has 0 radical (unpaired) electrons. The maximum absolute atomic E-state index is 14.4. The molecule has 1 aromatic heterocycles. The van der Waals surface area contributed by atoms with Gasteiger partial charge in [0.1, 0.15) is 18.5 Å². The number of hydrogen-bond acceptors (Lipinski definition) is 9. The normalized spacial score (nSPS) is 16.7. The van der Waals surface area contributed by atoms with Crippen molar-refractivity contribution in [2.75, 3.05) is 76.1 Å². The van der Waals surface area contributed by atoms with Gasteiger partial charge in [0.15, 0.2) is 0 Å². The van der Waals surface area contributed by atoms with Gasteiger partial charge in [-0.15, -0.1) is 0 Å². The van der Waals surface area contributed by atoms with Gasteiger partial charge < -0.3 is 29.9 Å². The number of carbonyl (C=O) groups excluding carboxylic acids is 1. The van der Waals surface area contributed by atoms with E-state index in [1.807, 2.05) is 11.0 Å². The average molecular weight is 532 g/mol. The second-order valence-electron chi connectivity index (χ2n) is 9.60. The maximum Gasteiger partial charge on any atom is 0.255 e. The molecule has 1 aromatic carbocycles. The van der Waals surface area contributed by atoms with Crippen LogP contribution in [0.3, 0.4) is 0 Å². The van der Waals surface area contributed by atoms with Gasteiger partial charge in [-0.05, 0) is 39.1 Å². The van der Waals surface area contributed by atoms with Crippen molar-refractivity contribution in [2.45, 2.75) is 25.0 Å². The maximum atomic E-state index is 14.4. The lowest BCUT2D eigenvalue weighted by molar-refractivity contribution is -0.111. The summed E-state index contributed by atoms with van der Waals surface area (Å²) in [6.07, 6.45) is 3.94. The van der Waals surface area contributed by atoms with E-state index in [2.05, 4.69) is 51.1 Å². The largest absolute Gasteiger partial charge is 0.494 e. The number of alkyl halides is 1. The van der Waals surface area contributed by atoms with Crippen molar-refractivity contribution in [2.24, 2.45) is 0 Å². The molecule has 2 N–H and O–H groups in total. The Balaban J connectivity index is 1.56. The number of rotatable bonds is 11. The smallest absolute Gasteiger partial charge is 0.255 e. The van der Waals surface area contributed by atoms with E-state index >= 15 is 0 Å². The lowest BCUT2D eigenvalue weighted by atomic mass is 10.0. The van der Waals surface area contributed by atoms with E-state index in [-0.39, 0.29) is 23.8 Å². The Hall–Kier alpha value is -3.51. The zero-order chi connectivity index (χ0) is 27.2. The summed E-state index contributed by atoms with van der Waals surface area (Å²) in [6.45, 7) is 6.10. The minimum atomic E-state index is -0.693. The molecular formula is C26H35F2N7O3. The molecule has 2 aliphatic heterocycles. The van der Waals surface area contributed by atoms with Gasteiger partial charge in [-0.2, -0.15) is 9.37 Å². The zero-order valence-electron chi connectivity index (χ0n) is 22.0. The molecule has 12 heteroatoms. The number of anilines is 4. The van der Waals surface area contributed by atoms with E-state index in [4.69, 9.17) is 9.47 Å². The van der Waals surface area contributed by atoms with Gasteiger partial charge in [0, 0.05) is 44.8 Å². The third kappa shape index (κ3) is 6.48. The molecule has 10 nitrogen and oxygen atoms in total. The van der Waals surface area contributed by atoms with Gasteiger partial charge in [-0.3, -0.25) is 9.69 Å². The quantitative estimate of drug-likeness (QED) is 0.424. The molecule has 3 heterocycles. The van der Waals surface area contributed by atoms with Crippen LogP contribution in [-0.4, -0.2) is 98.4 Å². The summed E-state index contributed by atoms with van der Waals surface area (Å²) in [4.78, 5) is 26.8. The zero-order valence-corrected chi connectivity index (χ0v) is 22.0. The number of halogens is 2. The molecule has 0 bridgehead atoms. The highest BCUT2D eigenvalue weighted by Crippen LogP contribution is 2.39. The van der Waals surface area contributed by atoms with Crippen molar-refractivity contribution >= 4 is 28.9 Å². The molecule has 4 rings (SSSR count). The summed E-state index contributed by atoms with van der Waals surface area (Å²) in [5.41, 5.74) is 1.88. The topological polar surface area (TPSA) is 95.1 Å². The average Bonchev–Trinajstić information content (AvgIpc) is 2.89.